The summed E-state index contributed by atoms with van der Waals surface area (Å²) >= 11 is 3.98. The standard InChI is InChI=1S/C20H19N3S2/c21-18-16(10-11-23-19(18)22)15-8-4-5-9-17(15)20(24-12-13-25-20)14-6-2-1-3-7-14/h1-11H,12-13,21H2,(H2,22,23). The van der Waals surface area contributed by atoms with Crippen LogP contribution in [0.1, 0.15) is 11.1 Å². The third-order valence-electron chi connectivity index (χ3n) is 4.44. The predicted molar refractivity (Wildman–Crippen MR) is 111 cm³/mol. The second-order valence-corrected chi connectivity index (χ2v) is 8.76. The van der Waals surface area contributed by atoms with Gasteiger partial charge >= 0.3 is 0 Å². The molecule has 2 heterocycles. The normalized spacial score (nSPS) is 16.0. The highest BCUT2D eigenvalue weighted by molar-refractivity contribution is 8.20. The lowest BCUT2D eigenvalue weighted by atomic mass is 9.93. The molecule has 25 heavy (non-hydrogen) atoms. The van der Waals surface area contributed by atoms with Gasteiger partial charge < -0.3 is 11.5 Å². The minimum Gasteiger partial charge on any atom is -0.395 e. The molecule has 1 aromatic heterocycles. The van der Waals surface area contributed by atoms with E-state index in [4.69, 9.17) is 11.5 Å². The van der Waals surface area contributed by atoms with Gasteiger partial charge in [-0.3, -0.25) is 0 Å². The monoisotopic (exact) mass is 365 g/mol. The van der Waals surface area contributed by atoms with Gasteiger partial charge in [0.15, 0.2) is 0 Å². The van der Waals surface area contributed by atoms with Crippen molar-refractivity contribution in [3.63, 3.8) is 0 Å². The molecule has 1 aliphatic rings. The fourth-order valence-electron chi connectivity index (χ4n) is 3.28. The number of nitrogens with zero attached hydrogens (tertiary/aromatic N) is 1. The summed E-state index contributed by atoms with van der Waals surface area (Å²) in [5, 5.41) is 0. The summed E-state index contributed by atoms with van der Waals surface area (Å²) in [4.78, 5) is 4.11. The Morgan fingerprint density at radius 2 is 1.48 bits per heavy atom. The van der Waals surface area contributed by atoms with Gasteiger partial charge in [-0.2, -0.15) is 0 Å². The zero-order valence-corrected chi connectivity index (χ0v) is 15.3. The van der Waals surface area contributed by atoms with Gasteiger partial charge in [0.2, 0.25) is 0 Å². The third-order valence-corrected chi connectivity index (χ3v) is 7.95. The number of nitrogen functional groups attached to an aromatic ring is 2. The van der Waals surface area contributed by atoms with Crippen LogP contribution in [0.15, 0.2) is 66.9 Å². The molecule has 126 valence electrons. The number of anilines is 2. The van der Waals surface area contributed by atoms with Gasteiger partial charge in [0.05, 0.1) is 5.69 Å². The number of benzene rings is 2. The summed E-state index contributed by atoms with van der Waals surface area (Å²) in [5.74, 6) is 2.64. The Labute approximate surface area is 156 Å². The number of pyridine rings is 1. The largest absolute Gasteiger partial charge is 0.395 e. The average Bonchev–Trinajstić information content (AvgIpc) is 3.16. The summed E-state index contributed by atoms with van der Waals surface area (Å²) < 4.78 is -0.123. The fourth-order valence-corrected chi connectivity index (χ4v) is 6.62. The first-order chi connectivity index (χ1) is 12.2. The van der Waals surface area contributed by atoms with Crippen molar-refractivity contribution in [2.24, 2.45) is 0 Å². The van der Waals surface area contributed by atoms with Crippen molar-refractivity contribution in [1.82, 2.24) is 4.98 Å². The molecule has 0 unspecified atom stereocenters. The van der Waals surface area contributed by atoms with Crippen molar-refractivity contribution in [3.8, 4) is 11.1 Å². The SMILES string of the molecule is Nc1nccc(-c2ccccc2C2(c3ccccc3)SCCS2)c1N. The van der Waals surface area contributed by atoms with Gasteiger partial charge in [-0.1, -0.05) is 54.6 Å². The Morgan fingerprint density at radius 3 is 2.24 bits per heavy atom. The first-order valence-corrected chi connectivity index (χ1v) is 10.1. The van der Waals surface area contributed by atoms with Crippen molar-refractivity contribution < 1.29 is 0 Å². The third kappa shape index (κ3) is 2.77. The topological polar surface area (TPSA) is 64.9 Å². The van der Waals surface area contributed by atoms with Crippen LogP contribution in [0.25, 0.3) is 11.1 Å². The molecule has 3 aromatic rings. The minimum atomic E-state index is -0.123. The summed E-state index contributed by atoms with van der Waals surface area (Å²) in [6, 6.07) is 21.2. The first-order valence-electron chi connectivity index (χ1n) is 8.15. The lowest BCUT2D eigenvalue weighted by molar-refractivity contribution is 1.09. The van der Waals surface area contributed by atoms with Gasteiger partial charge in [0, 0.05) is 23.3 Å². The van der Waals surface area contributed by atoms with Gasteiger partial charge in [-0.15, -0.1) is 23.5 Å². The fraction of sp³-hybridized carbons (Fsp3) is 0.150. The van der Waals surface area contributed by atoms with Crippen LogP contribution in [-0.2, 0) is 4.08 Å². The van der Waals surface area contributed by atoms with Crippen LogP contribution in [0.5, 0.6) is 0 Å². The Hall–Kier alpha value is -2.11. The average molecular weight is 366 g/mol. The molecule has 1 saturated heterocycles. The second-order valence-electron chi connectivity index (χ2n) is 5.88. The highest BCUT2D eigenvalue weighted by Crippen LogP contribution is 2.58. The Balaban J connectivity index is 1.95. The lowest BCUT2D eigenvalue weighted by Gasteiger charge is -2.31. The molecule has 1 fully saturated rings. The minimum absolute atomic E-state index is 0.123. The first kappa shape index (κ1) is 16.4. The smallest absolute Gasteiger partial charge is 0.147 e. The number of aromatic nitrogens is 1. The van der Waals surface area contributed by atoms with Crippen molar-refractivity contribution in [3.05, 3.63) is 78.0 Å². The maximum atomic E-state index is 6.26. The molecular formula is C20H19N3S2. The van der Waals surface area contributed by atoms with E-state index in [-0.39, 0.29) is 4.08 Å². The van der Waals surface area contributed by atoms with E-state index in [2.05, 4.69) is 59.6 Å². The second kappa shape index (κ2) is 6.65. The number of hydrogen-bond donors (Lipinski definition) is 2. The van der Waals surface area contributed by atoms with Crippen LogP contribution < -0.4 is 11.5 Å². The van der Waals surface area contributed by atoms with Crippen molar-refractivity contribution >= 4 is 35.0 Å². The van der Waals surface area contributed by atoms with Crippen molar-refractivity contribution in [1.29, 1.82) is 0 Å². The Bertz CT molecular complexity index is 890. The van der Waals surface area contributed by atoms with Crippen LogP contribution >= 0.6 is 23.5 Å². The van der Waals surface area contributed by atoms with Crippen molar-refractivity contribution in [2.45, 2.75) is 4.08 Å². The van der Waals surface area contributed by atoms with Crippen LogP contribution in [0.4, 0.5) is 11.5 Å². The van der Waals surface area contributed by atoms with E-state index in [0.29, 0.717) is 11.5 Å². The molecule has 0 radical (unpaired) electrons. The highest BCUT2D eigenvalue weighted by Gasteiger charge is 2.40. The maximum Gasteiger partial charge on any atom is 0.147 e. The Morgan fingerprint density at radius 1 is 0.800 bits per heavy atom. The predicted octanol–water partition coefficient (Wildman–Crippen LogP) is 4.59. The van der Waals surface area contributed by atoms with Gasteiger partial charge in [0.1, 0.15) is 9.90 Å². The van der Waals surface area contributed by atoms with E-state index in [1.165, 1.54) is 11.1 Å². The number of hydrogen-bond acceptors (Lipinski definition) is 5. The highest BCUT2D eigenvalue weighted by atomic mass is 32.2. The van der Waals surface area contributed by atoms with Crippen LogP contribution in [0, 0.1) is 0 Å². The molecule has 0 amide bonds. The van der Waals surface area contributed by atoms with E-state index in [0.717, 1.165) is 22.6 Å². The molecule has 0 spiro atoms. The molecule has 4 N–H and O–H groups in total. The molecule has 0 saturated carbocycles. The van der Waals surface area contributed by atoms with Crippen LogP contribution in [0.2, 0.25) is 0 Å². The molecule has 5 heteroatoms. The number of rotatable bonds is 3. The molecule has 0 aliphatic carbocycles. The number of thioether (sulfide) groups is 2. The molecule has 0 atom stereocenters. The van der Waals surface area contributed by atoms with E-state index in [1.807, 2.05) is 29.6 Å². The number of nitrogens with two attached hydrogens (primary N) is 2. The summed E-state index contributed by atoms with van der Waals surface area (Å²) in [5.41, 5.74) is 17.4. The summed E-state index contributed by atoms with van der Waals surface area (Å²) in [6.45, 7) is 0. The molecular weight excluding hydrogens is 346 g/mol. The van der Waals surface area contributed by atoms with E-state index < -0.39 is 0 Å². The Kier molecular flexibility index (Phi) is 4.36. The molecule has 4 rings (SSSR count). The van der Waals surface area contributed by atoms with Crippen molar-refractivity contribution in [2.75, 3.05) is 23.0 Å². The quantitative estimate of drug-likeness (QED) is 0.710. The van der Waals surface area contributed by atoms with Gasteiger partial charge in [-0.25, -0.2) is 4.98 Å². The molecule has 0 bridgehead atoms. The molecule has 1 aliphatic heterocycles. The zero-order valence-electron chi connectivity index (χ0n) is 13.7. The molecule has 3 nitrogen and oxygen atoms in total. The summed E-state index contributed by atoms with van der Waals surface area (Å²) in [7, 11) is 0. The van der Waals surface area contributed by atoms with E-state index in [1.54, 1.807) is 6.20 Å². The summed E-state index contributed by atoms with van der Waals surface area (Å²) in [6.07, 6.45) is 1.72. The lowest BCUT2D eigenvalue weighted by Crippen LogP contribution is -2.18. The maximum absolute atomic E-state index is 6.26. The van der Waals surface area contributed by atoms with Crippen LogP contribution in [0.3, 0.4) is 0 Å². The van der Waals surface area contributed by atoms with E-state index >= 15 is 0 Å². The zero-order chi connectivity index (χ0) is 17.3. The van der Waals surface area contributed by atoms with E-state index in [9.17, 15) is 0 Å². The van der Waals surface area contributed by atoms with Gasteiger partial charge in [0.25, 0.3) is 0 Å². The van der Waals surface area contributed by atoms with Gasteiger partial charge in [-0.05, 0) is 22.8 Å². The van der Waals surface area contributed by atoms with Crippen LogP contribution in [-0.4, -0.2) is 16.5 Å². The molecule has 2 aromatic carbocycles.